The summed E-state index contributed by atoms with van der Waals surface area (Å²) in [5, 5.41) is 11.2. The Morgan fingerprint density at radius 3 is 2.56 bits per heavy atom. The quantitative estimate of drug-likeness (QED) is 0.587. The maximum atomic E-state index is 12.9. The highest BCUT2D eigenvalue weighted by Gasteiger charge is 2.26. The molecule has 8 nitrogen and oxygen atoms in total. The smallest absolute Gasteiger partial charge is 0.243 e. The lowest BCUT2D eigenvalue weighted by Crippen LogP contribution is -2.35. The fourth-order valence-electron chi connectivity index (χ4n) is 3.96. The molecule has 0 bridgehead atoms. The third-order valence-corrected chi connectivity index (χ3v) is 7.90. The molecule has 1 saturated heterocycles. The molecular formula is C23H29N5O3S. The lowest BCUT2D eigenvalue weighted by atomic mass is 10.1. The fourth-order valence-corrected chi connectivity index (χ4v) is 5.50. The Kier molecular flexibility index (Phi) is 6.57. The normalized spacial score (nSPS) is 15.2. The Balaban J connectivity index is 1.38. The zero-order valence-corrected chi connectivity index (χ0v) is 19.4. The first kappa shape index (κ1) is 22.4. The molecule has 0 radical (unpaired) electrons. The van der Waals surface area contributed by atoms with Crippen LogP contribution in [0.3, 0.4) is 0 Å². The number of hydrogen-bond acceptors (Lipinski definition) is 5. The van der Waals surface area contributed by atoms with E-state index in [1.165, 1.54) is 5.56 Å². The number of piperidine rings is 1. The molecule has 1 fully saturated rings. The number of amides is 1. The first-order valence-corrected chi connectivity index (χ1v) is 12.5. The van der Waals surface area contributed by atoms with E-state index in [4.69, 9.17) is 0 Å². The third-order valence-electron chi connectivity index (χ3n) is 6.00. The van der Waals surface area contributed by atoms with E-state index in [1.54, 1.807) is 27.2 Å². The zero-order valence-electron chi connectivity index (χ0n) is 18.5. The largest absolute Gasteiger partial charge is 0.326 e. The highest BCUT2D eigenvalue weighted by Crippen LogP contribution is 2.23. The van der Waals surface area contributed by atoms with Gasteiger partial charge in [0, 0.05) is 31.7 Å². The molecule has 0 atom stereocenters. The number of hydrogen-bond donors (Lipinski definition) is 1. The summed E-state index contributed by atoms with van der Waals surface area (Å²) in [5.74, 6) is -0.0485. The summed E-state index contributed by atoms with van der Waals surface area (Å²) in [7, 11) is -3.50. The number of fused-ring (bicyclic) bond motifs is 1. The van der Waals surface area contributed by atoms with Crippen LogP contribution in [0, 0.1) is 13.8 Å². The Morgan fingerprint density at radius 1 is 1.03 bits per heavy atom. The van der Waals surface area contributed by atoms with E-state index < -0.39 is 10.0 Å². The van der Waals surface area contributed by atoms with Crippen molar-refractivity contribution in [1.29, 1.82) is 0 Å². The van der Waals surface area contributed by atoms with Crippen LogP contribution in [-0.2, 0) is 21.4 Å². The summed E-state index contributed by atoms with van der Waals surface area (Å²) < 4.78 is 29.1. The van der Waals surface area contributed by atoms with Crippen LogP contribution < -0.4 is 5.32 Å². The number of aryl methyl sites for hydroxylation is 3. The number of anilines is 1. The van der Waals surface area contributed by atoms with Crippen molar-refractivity contribution in [2.45, 2.75) is 57.4 Å². The fraction of sp³-hybridized carbons (Fsp3) is 0.435. The number of rotatable bonds is 7. The van der Waals surface area contributed by atoms with Crippen molar-refractivity contribution in [3.63, 3.8) is 0 Å². The third kappa shape index (κ3) is 4.83. The Labute approximate surface area is 188 Å². The van der Waals surface area contributed by atoms with E-state index in [0.717, 1.165) is 36.0 Å². The topological polar surface area (TPSA) is 97.2 Å². The predicted molar refractivity (Wildman–Crippen MR) is 124 cm³/mol. The monoisotopic (exact) mass is 455 g/mol. The molecule has 0 saturated carbocycles. The predicted octanol–water partition coefficient (Wildman–Crippen LogP) is 3.64. The summed E-state index contributed by atoms with van der Waals surface area (Å²) in [5.41, 5.74) is 4.43. The van der Waals surface area contributed by atoms with Crippen LogP contribution >= 0.6 is 0 Å². The maximum Gasteiger partial charge on any atom is 0.243 e. The lowest BCUT2D eigenvalue weighted by Gasteiger charge is -2.25. The van der Waals surface area contributed by atoms with Crippen molar-refractivity contribution in [3.8, 4) is 0 Å². The second kappa shape index (κ2) is 9.38. The van der Waals surface area contributed by atoms with E-state index in [-0.39, 0.29) is 10.8 Å². The van der Waals surface area contributed by atoms with Crippen LogP contribution in [0.1, 0.15) is 43.2 Å². The first-order chi connectivity index (χ1) is 15.3. The van der Waals surface area contributed by atoms with Crippen LogP contribution in [0.25, 0.3) is 11.0 Å². The first-order valence-electron chi connectivity index (χ1n) is 11.0. The maximum absolute atomic E-state index is 12.9. The van der Waals surface area contributed by atoms with Gasteiger partial charge in [0.1, 0.15) is 5.52 Å². The minimum absolute atomic E-state index is 0.0485. The summed E-state index contributed by atoms with van der Waals surface area (Å²) >= 11 is 0. The van der Waals surface area contributed by atoms with E-state index in [1.807, 2.05) is 32.0 Å². The van der Waals surface area contributed by atoms with Gasteiger partial charge in [0.25, 0.3) is 0 Å². The zero-order chi connectivity index (χ0) is 22.7. The number of nitrogens with zero attached hydrogens (tertiary/aromatic N) is 4. The van der Waals surface area contributed by atoms with Crippen LogP contribution in [0.5, 0.6) is 0 Å². The van der Waals surface area contributed by atoms with Gasteiger partial charge in [0.2, 0.25) is 15.9 Å². The van der Waals surface area contributed by atoms with Gasteiger partial charge in [-0.15, -0.1) is 5.10 Å². The SMILES string of the molecule is Cc1ccc(NC(=O)CCCn2nnc3cc(S(=O)(=O)N4CCCCC4)ccc32)cc1C. The highest BCUT2D eigenvalue weighted by molar-refractivity contribution is 7.89. The van der Waals surface area contributed by atoms with Crippen LogP contribution in [0.15, 0.2) is 41.3 Å². The molecule has 1 aliphatic heterocycles. The van der Waals surface area contributed by atoms with E-state index in [9.17, 15) is 13.2 Å². The van der Waals surface area contributed by atoms with E-state index in [2.05, 4.69) is 15.6 Å². The average Bonchev–Trinajstić information content (AvgIpc) is 3.19. The van der Waals surface area contributed by atoms with Crippen molar-refractivity contribution >= 4 is 32.7 Å². The molecular weight excluding hydrogens is 426 g/mol. The van der Waals surface area contributed by atoms with Gasteiger partial charge >= 0.3 is 0 Å². The standard InChI is InChI=1S/C23H29N5O3S/c1-17-8-9-19(15-18(17)2)24-23(29)7-6-14-28-22-11-10-20(16-21(22)25-26-28)32(30,31)27-12-4-3-5-13-27/h8-11,15-16H,3-7,12-14H2,1-2H3,(H,24,29). The summed E-state index contributed by atoms with van der Waals surface area (Å²) in [4.78, 5) is 12.5. The van der Waals surface area contributed by atoms with Gasteiger partial charge in [-0.25, -0.2) is 13.1 Å². The second-order valence-corrected chi connectivity index (χ2v) is 10.3. The van der Waals surface area contributed by atoms with Crippen molar-refractivity contribution in [2.75, 3.05) is 18.4 Å². The van der Waals surface area contributed by atoms with Crippen molar-refractivity contribution in [2.24, 2.45) is 0 Å². The number of aromatic nitrogens is 3. The van der Waals surface area contributed by atoms with Crippen molar-refractivity contribution in [3.05, 3.63) is 47.5 Å². The molecule has 2 heterocycles. The lowest BCUT2D eigenvalue weighted by molar-refractivity contribution is -0.116. The van der Waals surface area contributed by atoms with Gasteiger partial charge in [-0.2, -0.15) is 4.31 Å². The van der Waals surface area contributed by atoms with Gasteiger partial charge in [0.05, 0.1) is 10.4 Å². The molecule has 1 amide bonds. The van der Waals surface area contributed by atoms with Gasteiger partial charge < -0.3 is 5.32 Å². The molecule has 3 aromatic rings. The summed E-state index contributed by atoms with van der Waals surface area (Å²) in [6.07, 6.45) is 3.82. The molecule has 4 rings (SSSR count). The molecule has 170 valence electrons. The van der Waals surface area contributed by atoms with Crippen LogP contribution in [0.2, 0.25) is 0 Å². The second-order valence-electron chi connectivity index (χ2n) is 8.38. The van der Waals surface area contributed by atoms with Crippen LogP contribution in [0.4, 0.5) is 5.69 Å². The molecule has 0 spiro atoms. The molecule has 2 aromatic carbocycles. The van der Waals surface area contributed by atoms with Crippen molar-refractivity contribution < 1.29 is 13.2 Å². The molecule has 1 aliphatic rings. The Bertz CT molecular complexity index is 1230. The average molecular weight is 456 g/mol. The molecule has 1 aromatic heterocycles. The van der Waals surface area contributed by atoms with E-state index >= 15 is 0 Å². The molecule has 9 heteroatoms. The van der Waals surface area contributed by atoms with Gasteiger partial charge in [-0.05, 0) is 74.6 Å². The van der Waals surface area contributed by atoms with Gasteiger partial charge in [-0.3, -0.25) is 4.79 Å². The summed E-state index contributed by atoms with van der Waals surface area (Å²) in [6.45, 7) is 5.71. The van der Waals surface area contributed by atoms with E-state index in [0.29, 0.717) is 38.0 Å². The summed E-state index contributed by atoms with van der Waals surface area (Å²) in [6, 6.07) is 10.8. The molecule has 1 N–H and O–H groups in total. The highest BCUT2D eigenvalue weighted by atomic mass is 32.2. The van der Waals surface area contributed by atoms with Gasteiger partial charge in [0.15, 0.2) is 0 Å². The van der Waals surface area contributed by atoms with Crippen molar-refractivity contribution in [1.82, 2.24) is 19.3 Å². The number of carbonyl (C=O) groups excluding carboxylic acids is 1. The minimum Gasteiger partial charge on any atom is -0.326 e. The molecule has 0 aliphatic carbocycles. The van der Waals surface area contributed by atoms with Crippen LogP contribution in [-0.4, -0.2) is 46.7 Å². The Hall–Kier alpha value is -2.78. The number of carbonyl (C=O) groups is 1. The Morgan fingerprint density at radius 2 is 1.81 bits per heavy atom. The molecule has 32 heavy (non-hydrogen) atoms. The van der Waals surface area contributed by atoms with Gasteiger partial charge in [-0.1, -0.05) is 17.7 Å². The number of benzene rings is 2. The minimum atomic E-state index is -3.50. The number of nitrogens with one attached hydrogen (secondary N) is 1. The number of sulfonamides is 1. The molecule has 0 unspecified atom stereocenters.